The highest BCUT2D eigenvalue weighted by Gasteiger charge is 2.64. The molecule has 2 amide bonds. The Labute approximate surface area is 225 Å². The average Bonchev–Trinajstić information content (AvgIpc) is 3.72. The number of carbonyl (C=O) groups excluding carboxylic acids is 2. The molecule has 3 fully saturated rings. The number of nitrogens with zero attached hydrogens (tertiary/aromatic N) is 5. The summed E-state index contributed by atoms with van der Waals surface area (Å²) < 4.78 is 11.2. The quantitative estimate of drug-likeness (QED) is 0.488. The molecule has 3 aromatic heterocycles. The van der Waals surface area contributed by atoms with E-state index in [0.29, 0.717) is 36.4 Å². The molecule has 10 nitrogen and oxygen atoms in total. The Morgan fingerprint density at radius 3 is 2.82 bits per heavy atom. The van der Waals surface area contributed by atoms with Gasteiger partial charge in [0.2, 0.25) is 5.91 Å². The van der Waals surface area contributed by atoms with Gasteiger partial charge in [0.1, 0.15) is 11.1 Å². The summed E-state index contributed by atoms with van der Waals surface area (Å²) in [5.74, 6) is -0.439. The van der Waals surface area contributed by atoms with E-state index in [-0.39, 0.29) is 23.8 Å². The smallest absolute Gasteiger partial charge is 0.297 e. The predicted octanol–water partition coefficient (Wildman–Crippen LogP) is 3.05. The third-order valence-electron chi connectivity index (χ3n) is 8.54. The number of nitrogens with two attached hydrogens (primary N) is 1. The predicted molar refractivity (Wildman–Crippen MR) is 141 cm³/mol. The molecule has 3 aliphatic heterocycles. The van der Waals surface area contributed by atoms with Crippen LogP contribution in [0.3, 0.4) is 0 Å². The molecular formula is C27H32N6O4S. The van der Waals surface area contributed by atoms with E-state index in [4.69, 9.17) is 19.9 Å². The molecule has 0 bridgehead atoms. The highest BCUT2D eigenvalue weighted by molar-refractivity contribution is 7.11. The first-order valence-corrected chi connectivity index (χ1v) is 14.0. The second kappa shape index (κ2) is 10.1. The summed E-state index contributed by atoms with van der Waals surface area (Å²) in [4.78, 5) is 43.9. The summed E-state index contributed by atoms with van der Waals surface area (Å²) in [6.45, 7) is 5.00. The molecule has 2 N–H and O–H groups in total. The van der Waals surface area contributed by atoms with Crippen molar-refractivity contribution >= 4 is 29.2 Å². The van der Waals surface area contributed by atoms with E-state index in [1.54, 1.807) is 29.1 Å². The van der Waals surface area contributed by atoms with Crippen LogP contribution >= 0.6 is 11.3 Å². The van der Waals surface area contributed by atoms with E-state index in [9.17, 15) is 9.59 Å². The van der Waals surface area contributed by atoms with Crippen LogP contribution in [0.4, 0.5) is 6.01 Å². The van der Waals surface area contributed by atoms with Crippen molar-refractivity contribution in [3.05, 3.63) is 58.6 Å². The highest BCUT2D eigenvalue weighted by atomic mass is 32.1. The SMILES string of the molecule is CC(CC1N(c2ncco2)CC12CN(C(=O)c1cncs1)CC2C(N)=O)c1cccc(C2CCOCC2)n1. The summed E-state index contributed by atoms with van der Waals surface area (Å²) in [5, 5.41) is 0. The zero-order valence-corrected chi connectivity index (χ0v) is 22.2. The van der Waals surface area contributed by atoms with E-state index in [0.717, 1.165) is 43.9 Å². The van der Waals surface area contributed by atoms with Gasteiger partial charge in [-0.05, 0) is 31.4 Å². The minimum atomic E-state index is -0.493. The van der Waals surface area contributed by atoms with E-state index >= 15 is 0 Å². The van der Waals surface area contributed by atoms with Crippen LogP contribution in [0.25, 0.3) is 0 Å². The molecule has 0 aromatic carbocycles. The van der Waals surface area contributed by atoms with Crippen molar-refractivity contribution in [2.75, 3.05) is 37.7 Å². The lowest BCUT2D eigenvalue weighted by Crippen LogP contribution is -2.70. The third-order valence-corrected chi connectivity index (χ3v) is 9.30. The average molecular weight is 537 g/mol. The number of pyridine rings is 1. The zero-order valence-electron chi connectivity index (χ0n) is 21.4. The number of anilines is 1. The fourth-order valence-corrected chi connectivity index (χ4v) is 7.09. The number of oxazole rings is 1. The van der Waals surface area contributed by atoms with Gasteiger partial charge in [0, 0.05) is 67.5 Å². The van der Waals surface area contributed by atoms with Gasteiger partial charge in [-0.3, -0.25) is 19.6 Å². The van der Waals surface area contributed by atoms with Crippen LogP contribution in [0.5, 0.6) is 0 Å². The molecule has 1 spiro atoms. The topological polar surface area (TPSA) is 128 Å². The molecule has 6 rings (SSSR count). The first-order chi connectivity index (χ1) is 18.5. The molecule has 11 heteroatoms. The van der Waals surface area contributed by atoms with Gasteiger partial charge in [-0.25, -0.2) is 4.98 Å². The lowest BCUT2D eigenvalue weighted by molar-refractivity contribution is -0.126. The van der Waals surface area contributed by atoms with Crippen LogP contribution in [0.1, 0.15) is 59.1 Å². The van der Waals surface area contributed by atoms with Gasteiger partial charge >= 0.3 is 0 Å². The number of ether oxygens (including phenoxy) is 1. The zero-order chi connectivity index (χ0) is 26.3. The maximum Gasteiger partial charge on any atom is 0.297 e. The number of likely N-dealkylation sites (tertiary alicyclic amines) is 1. The lowest BCUT2D eigenvalue weighted by atomic mass is 9.62. The van der Waals surface area contributed by atoms with E-state index < -0.39 is 11.3 Å². The Hall–Kier alpha value is -3.31. The molecule has 0 aliphatic carbocycles. The summed E-state index contributed by atoms with van der Waals surface area (Å²) in [5.41, 5.74) is 9.25. The fourth-order valence-electron chi connectivity index (χ4n) is 6.51. The number of primary amides is 1. The van der Waals surface area contributed by atoms with Crippen molar-refractivity contribution in [1.82, 2.24) is 19.9 Å². The van der Waals surface area contributed by atoms with E-state index in [1.165, 1.54) is 11.3 Å². The van der Waals surface area contributed by atoms with Crippen molar-refractivity contribution < 1.29 is 18.7 Å². The molecule has 0 saturated carbocycles. The summed E-state index contributed by atoms with van der Waals surface area (Å²) >= 11 is 1.30. The first-order valence-electron chi connectivity index (χ1n) is 13.1. The van der Waals surface area contributed by atoms with Crippen molar-refractivity contribution in [3.8, 4) is 0 Å². The Kier molecular flexibility index (Phi) is 6.65. The van der Waals surface area contributed by atoms with Gasteiger partial charge in [-0.15, -0.1) is 11.3 Å². The molecule has 6 heterocycles. The fraction of sp³-hybridized carbons (Fsp3) is 0.519. The van der Waals surface area contributed by atoms with Crippen LogP contribution in [-0.4, -0.2) is 70.6 Å². The molecule has 3 aliphatic rings. The third kappa shape index (κ3) is 4.37. The standard InChI is InChI=1S/C27H32N6O4S/c1-17(20-3-2-4-21(31-20)18-5-8-36-9-6-18)11-23-27(15-33(23)26-30-7-10-37-26)14-32(13-19(27)24(28)34)25(35)22-12-29-16-38-22/h2-4,7,10,12,16-19,23H,5-6,8-9,11,13-15H2,1H3,(H2,28,34). The normalized spacial score (nSPS) is 26.4. The molecule has 4 unspecified atom stereocenters. The van der Waals surface area contributed by atoms with E-state index in [2.05, 4.69) is 40.0 Å². The van der Waals surface area contributed by atoms with Crippen LogP contribution in [0.15, 0.2) is 46.8 Å². The second-order valence-electron chi connectivity index (χ2n) is 10.7. The largest absolute Gasteiger partial charge is 0.432 e. The molecule has 3 saturated heterocycles. The molecule has 3 aromatic rings. The number of rotatable bonds is 7. The van der Waals surface area contributed by atoms with Crippen molar-refractivity contribution in [1.29, 1.82) is 0 Å². The first kappa shape index (κ1) is 25.0. The van der Waals surface area contributed by atoms with Gasteiger partial charge < -0.3 is 24.7 Å². The lowest BCUT2D eigenvalue weighted by Gasteiger charge is -2.57. The van der Waals surface area contributed by atoms with Crippen molar-refractivity contribution in [3.63, 3.8) is 0 Å². The number of carbonyl (C=O) groups is 2. The number of hydrogen-bond acceptors (Lipinski definition) is 9. The van der Waals surface area contributed by atoms with Gasteiger partial charge in [0.05, 0.1) is 23.8 Å². The maximum atomic E-state index is 13.2. The van der Waals surface area contributed by atoms with Crippen LogP contribution in [-0.2, 0) is 9.53 Å². The van der Waals surface area contributed by atoms with Crippen LogP contribution in [0.2, 0.25) is 0 Å². The minimum absolute atomic E-state index is 0.0959. The summed E-state index contributed by atoms with van der Waals surface area (Å²) in [6.07, 6.45) is 7.45. The van der Waals surface area contributed by atoms with Gasteiger partial charge in [-0.2, -0.15) is 0 Å². The summed E-state index contributed by atoms with van der Waals surface area (Å²) in [7, 11) is 0. The van der Waals surface area contributed by atoms with Gasteiger partial charge in [0.15, 0.2) is 0 Å². The molecule has 200 valence electrons. The van der Waals surface area contributed by atoms with Crippen LogP contribution in [0, 0.1) is 11.3 Å². The highest BCUT2D eigenvalue weighted by Crippen LogP contribution is 2.53. The second-order valence-corrected chi connectivity index (χ2v) is 11.6. The van der Waals surface area contributed by atoms with E-state index in [1.807, 2.05) is 0 Å². The maximum absolute atomic E-state index is 13.2. The Balaban J connectivity index is 1.28. The number of aromatic nitrogens is 3. The molecule has 0 radical (unpaired) electrons. The van der Waals surface area contributed by atoms with Crippen molar-refractivity contribution in [2.24, 2.45) is 17.1 Å². The molecule has 4 atom stereocenters. The number of hydrogen-bond donors (Lipinski definition) is 1. The Morgan fingerprint density at radius 2 is 2.11 bits per heavy atom. The van der Waals surface area contributed by atoms with Crippen LogP contribution < -0.4 is 10.6 Å². The van der Waals surface area contributed by atoms with Crippen molar-refractivity contribution in [2.45, 2.75) is 44.1 Å². The number of amides is 2. The van der Waals surface area contributed by atoms with Gasteiger partial charge in [-0.1, -0.05) is 13.0 Å². The number of thiazole rings is 1. The summed E-state index contributed by atoms with van der Waals surface area (Å²) in [6, 6.07) is 6.70. The van der Waals surface area contributed by atoms with Gasteiger partial charge in [0.25, 0.3) is 11.9 Å². The molecular weight excluding hydrogens is 504 g/mol. The monoisotopic (exact) mass is 536 g/mol. The molecule has 38 heavy (non-hydrogen) atoms. The Morgan fingerprint density at radius 1 is 1.26 bits per heavy atom. The Bertz CT molecular complexity index is 1280. The minimum Gasteiger partial charge on any atom is -0.432 e.